The molecule has 0 spiro atoms. The minimum absolute atomic E-state index is 0.184. The Hall–Kier alpha value is -2.05. The minimum Gasteiger partial charge on any atom is -0.321 e. The maximum absolute atomic E-state index is 12.0. The van der Waals surface area contributed by atoms with Crippen molar-refractivity contribution in [2.45, 2.75) is 13.8 Å². The van der Waals surface area contributed by atoms with E-state index in [0.717, 1.165) is 27.0 Å². The van der Waals surface area contributed by atoms with Crippen LogP contribution in [0.15, 0.2) is 35.0 Å². The molecule has 3 rings (SSSR count). The number of hydrogen-bond acceptors (Lipinski definition) is 5. The van der Waals surface area contributed by atoms with E-state index in [9.17, 15) is 4.79 Å². The third-order valence-electron chi connectivity index (χ3n) is 2.91. The fourth-order valence-corrected chi connectivity index (χ4v) is 3.10. The van der Waals surface area contributed by atoms with Gasteiger partial charge in [-0.25, -0.2) is 9.97 Å². The highest BCUT2D eigenvalue weighted by Gasteiger charge is 2.09. The summed E-state index contributed by atoms with van der Waals surface area (Å²) in [6, 6.07) is 7.66. The molecule has 1 aromatic carbocycles. The van der Waals surface area contributed by atoms with E-state index < -0.39 is 0 Å². The van der Waals surface area contributed by atoms with Crippen LogP contribution in [0.2, 0.25) is 0 Å². The first kappa shape index (κ1) is 13.9. The Balaban J connectivity index is 1.74. The number of thiazole rings is 2. The summed E-state index contributed by atoms with van der Waals surface area (Å²) in [5.41, 5.74) is 3.21. The van der Waals surface area contributed by atoms with Gasteiger partial charge >= 0.3 is 0 Å². The Morgan fingerprint density at radius 2 is 1.67 bits per heavy atom. The van der Waals surface area contributed by atoms with Gasteiger partial charge in [0, 0.05) is 22.0 Å². The monoisotopic (exact) mass is 315 g/mol. The highest BCUT2D eigenvalue weighted by molar-refractivity contribution is 7.10. The molecular formula is C15H13N3OS2. The number of nitrogens with zero attached hydrogens (tertiary/aromatic N) is 2. The molecule has 21 heavy (non-hydrogen) atoms. The zero-order valence-corrected chi connectivity index (χ0v) is 13.2. The number of aromatic nitrogens is 2. The largest absolute Gasteiger partial charge is 0.321 e. The zero-order chi connectivity index (χ0) is 14.8. The normalized spacial score (nSPS) is 10.6. The lowest BCUT2D eigenvalue weighted by molar-refractivity contribution is 0.102. The number of hydrogen-bond donors (Lipinski definition) is 1. The lowest BCUT2D eigenvalue weighted by atomic mass is 10.1. The van der Waals surface area contributed by atoms with Gasteiger partial charge in [-0.15, -0.1) is 22.7 Å². The highest BCUT2D eigenvalue weighted by atomic mass is 32.1. The van der Waals surface area contributed by atoms with Crippen LogP contribution in [-0.4, -0.2) is 15.9 Å². The molecular weight excluding hydrogens is 302 g/mol. The van der Waals surface area contributed by atoms with Crippen LogP contribution in [-0.2, 0) is 0 Å². The number of rotatable bonds is 3. The topological polar surface area (TPSA) is 54.9 Å². The SMILES string of the molecule is Cc1nc(C(=O)Nc2ccc(-c3csc(C)n3)cc2)cs1. The Morgan fingerprint density at radius 3 is 2.24 bits per heavy atom. The predicted molar refractivity (Wildman–Crippen MR) is 87.1 cm³/mol. The van der Waals surface area contributed by atoms with Gasteiger partial charge < -0.3 is 5.32 Å². The molecule has 1 amide bonds. The molecule has 106 valence electrons. The van der Waals surface area contributed by atoms with Gasteiger partial charge in [-0.3, -0.25) is 4.79 Å². The molecule has 2 aromatic heterocycles. The number of amides is 1. The summed E-state index contributed by atoms with van der Waals surface area (Å²) in [4.78, 5) is 20.6. The maximum atomic E-state index is 12.0. The highest BCUT2D eigenvalue weighted by Crippen LogP contribution is 2.23. The number of benzene rings is 1. The molecule has 0 bridgehead atoms. The summed E-state index contributed by atoms with van der Waals surface area (Å²) in [7, 11) is 0. The smallest absolute Gasteiger partial charge is 0.275 e. The van der Waals surface area contributed by atoms with Crippen molar-refractivity contribution in [2.75, 3.05) is 5.32 Å². The average molecular weight is 315 g/mol. The van der Waals surface area contributed by atoms with Crippen LogP contribution >= 0.6 is 22.7 Å². The second-order valence-electron chi connectivity index (χ2n) is 4.54. The van der Waals surface area contributed by atoms with E-state index in [-0.39, 0.29) is 5.91 Å². The van der Waals surface area contributed by atoms with Crippen LogP contribution in [0.5, 0.6) is 0 Å². The number of anilines is 1. The molecule has 0 radical (unpaired) electrons. The molecule has 0 atom stereocenters. The van der Waals surface area contributed by atoms with Gasteiger partial charge in [-0.1, -0.05) is 12.1 Å². The quantitative estimate of drug-likeness (QED) is 0.790. The molecule has 2 heterocycles. The second kappa shape index (κ2) is 5.75. The van der Waals surface area contributed by atoms with Gasteiger partial charge in [-0.2, -0.15) is 0 Å². The van der Waals surface area contributed by atoms with Crippen molar-refractivity contribution >= 4 is 34.3 Å². The molecule has 0 saturated heterocycles. The fraction of sp³-hybridized carbons (Fsp3) is 0.133. The van der Waals surface area contributed by atoms with E-state index in [1.54, 1.807) is 16.7 Å². The van der Waals surface area contributed by atoms with E-state index in [2.05, 4.69) is 15.3 Å². The van der Waals surface area contributed by atoms with Crippen molar-refractivity contribution in [1.82, 2.24) is 9.97 Å². The Morgan fingerprint density at radius 1 is 1.00 bits per heavy atom. The van der Waals surface area contributed by atoms with E-state index in [1.165, 1.54) is 11.3 Å². The van der Waals surface area contributed by atoms with Crippen molar-refractivity contribution in [3.8, 4) is 11.3 Å². The van der Waals surface area contributed by atoms with Crippen molar-refractivity contribution in [3.05, 3.63) is 50.7 Å². The predicted octanol–water partition coefficient (Wildman–Crippen LogP) is 4.14. The number of carbonyl (C=O) groups excluding carboxylic acids is 1. The van der Waals surface area contributed by atoms with Crippen molar-refractivity contribution < 1.29 is 4.79 Å². The first-order chi connectivity index (χ1) is 10.1. The Bertz CT molecular complexity index is 774. The molecule has 0 saturated carbocycles. The molecule has 0 aliphatic carbocycles. The van der Waals surface area contributed by atoms with Gasteiger partial charge in [-0.05, 0) is 26.0 Å². The van der Waals surface area contributed by atoms with Crippen LogP contribution in [0.4, 0.5) is 5.69 Å². The lowest BCUT2D eigenvalue weighted by Gasteiger charge is -2.04. The first-order valence-corrected chi connectivity index (χ1v) is 8.14. The standard InChI is InChI=1S/C15H13N3OS2/c1-9-16-13(7-20-9)11-3-5-12(6-4-11)18-15(19)14-8-21-10(2)17-14/h3-8H,1-2H3,(H,18,19). The third kappa shape index (κ3) is 3.17. The lowest BCUT2D eigenvalue weighted by Crippen LogP contribution is -2.12. The molecule has 0 fully saturated rings. The summed E-state index contributed by atoms with van der Waals surface area (Å²) in [5, 5.41) is 8.56. The van der Waals surface area contributed by atoms with E-state index in [0.29, 0.717) is 5.69 Å². The van der Waals surface area contributed by atoms with E-state index >= 15 is 0 Å². The molecule has 0 unspecified atom stereocenters. The summed E-state index contributed by atoms with van der Waals surface area (Å²) in [5.74, 6) is -0.184. The maximum Gasteiger partial charge on any atom is 0.275 e. The van der Waals surface area contributed by atoms with Gasteiger partial charge in [0.15, 0.2) is 0 Å². The Kier molecular flexibility index (Phi) is 3.81. The molecule has 0 aliphatic heterocycles. The molecule has 3 aromatic rings. The van der Waals surface area contributed by atoms with Gasteiger partial charge in [0.25, 0.3) is 5.91 Å². The fourth-order valence-electron chi connectivity index (χ4n) is 1.88. The van der Waals surface area contributed by atoms with Gasteiger partial charge in [0.1, 0.15) is 5.69 Å². The summed E-state index contributed by atoms with van der Waals surface area (Å²) in [6.07, 6.45) is 0. The first-order valence-electron chi connectivity index (χ1n) is 6.38. The van der Waals surface area contributed by atoms with E-state index in [1.807, 2.05) is 43.5 Å². The van der Waals surface area contributed by atoms with Crippen molar-refractivity contribution in [3.63, 3.8) is 0 Å². The number of aryl methyl sites for hydroxylation is 2. The molecule has 1 N–H and O–H groups in total. The van der Waals surface area contributed by atoms with Crippen LogP contribution in [0, 0.1) is 13.8 Å². The van der Waals surface area contributed by atoms with Crippen LogP contribution in [0.1, 0.15) is 20.5 Å². The van der Waals surface area contributed by atoms with Crippen molar-refractivity contribution in [1.29, 1.82) is 0 Å². The second-order valence-corrected chi connectivity index (χ2v) is 6.66. The van der Waals surface area contributed by atoms with Crippen LogP contribution in [0.25, 0.3) is 11.3 Å². The summed E-state index contributed by atoms with van der Waals surface area (Å²) < 4.78 is 0. The molecule has 4 nitrogen and oxygen atoms in total. The minimum atomic E-state index is -0.184. The van der Waals surface area contributed by atoms with Gasteiger partial charge in [0.2, 0.25) is 0 Å². The number of nitrogens with one attached hydrogen (secondary N) is 1. The van der Waals surface area contributed by atoms with Gasteiger partial charge in [0.05, 0.1) is 15.7 Å². The van der Waals surface area contributed by atoms with Crippen LogP contribution < -0.4 is 5.32 Å². The van der Waals surface area contributed by atoms with Crippen LogP contribution in [0.3, 0.4) is 0 Å². The third-order valence-corrected chi connectivity index (χ3v) is 4.46. The van der Waals surface area contributed by atoms with E-state index in [4.69, 9.17) is 0 Å². The average Bonchev–Trinajstić information content (AvgIpc) is 3.08. The molecule has 6 heteroatoms. The Labute approximate surface area is 130 Å². The van der Waals surface area contributed by atoms with Crippen molar-refractivity contribution in [2.24, 2.45) is 0 Å². The zero-order valence-electron chi connectivity index (χ0n) is 11.6. The molecule has 0 aliphatic rings. The summed E-state index contributed by atoms with van der Waals surface area (Å²) in [6.45, 7) is 3.87. The number of carbonyl (C=O) groups is 1. The summed E-state index contributed by atoms with van der Waals surface area (Å²) >= 11 is 3.09.